The highest BCUT2D eigenvalue weighted by Crippen LogP contribution is 2.33. The van der Waals surface area contributed by atoms with E-state index in [4.69, 9.17) is 21.3 Å². The van der Waals surface area contributed by atoms with E-state index in [0.29, 0.717) is 12.1 Å². The Bertz CT molecular complexity index is 1080. The largest absolute Gasteiger partial charge is 0.491 e. The van der Waals surface area contributed by atoms with Crippen molar-refractivity contribution in [3.05, 3.63) is 52.5 Å². The Morgan fingerprint density at radius 3 is 2.56 bits per heavy atom. The summed E-state index contributed by atoms with van der Waals surface area (Å²) < 4.78 is 6.80. The van der Waals surface area contributed by atoms with Gasteiger partial charge in [-0.15, -0.1) is 0 Å². The van der Waals surface area contributed by atoms with Crippen LogP contribution in [0.3, 0.4) is 0 Å². The van der Waals surface area contributed by atoms with Crippen molar-refractivity contribution in [1.82, 2.24) is 15.2 Å². The summed E-state index contributed by atoms with van der Waals surface area (Å²) >= 11 is 7.97. The van der Waals surface area contributed by atoms with Crippen LogP contribution >= 0.6 is 22.9 Å². The Balaban J connectivity index is 1.23. The molecule has 1 aliphatic heterocycles. The van der Waals surface area contributed by atoms with E-state index >= 15 is 0 Å². The highest BCUT2D eigenvalue weighted by Gasteiger charge is 2.20. The first-order valence-corrected chi connectivity index (χ1v) is 12.2. The second kappa shape index (κ2) is 10.1. The van der Waals surface area contributed by atoms with Gasteiger partial charge >= 0.3 is 0 Å². The molecule has 1 N–H and O–H groups in total. The van der Waals surface area contributed by atoms with Crippen molar-refractivity contribution in [3.8, 4) is 5.75 Å². The topological polar surface area (TPSA) is 57.7 Å². The molecule has 6 nitrogen and oxygen atoms in total. The number of piperazine rings is 1. The number of thiazole rings is 1. The molecule has 1 saturated heterocycles. The fourth-order valence-corrected chi connectivity index (χ4v) is 5.00. The van der Waals surface area contributed by atoms with Crippen molar-refractivity contribution >= 4 is 44.2 Å². The molecule has 32 heavy (non-hydrogen) atoms. The van der Waals surface area contributed by atoms with Gasteiger partial charge in [-0.25, -0.2) is 4.98 Å². The summed E-state index contributed by atoms with van der Waals surface area (Å²) in [5.74, 6) is 0.726. The first-order chi connectivity index (χ1) is 15.4. The molecular weight excluding hydrogens is 444 g/mol. The van der Waals surface area contributed by atoms with E-state index in [-0.39, 0.29) is 12.0 Å². The number of hydrogen-bond acceptors (Lipinski definition) is 6. The van der Waals surface area contributed by atoms with Gasteiger partial charge in [0.25, 0.3) is 5.91 Å². The van der Waals surface area contributed by atoms with E-state index in [1.807, 2.05) is 39.0 Å². The smallest absolute Gasteiger partial charge is 0.251 e. The van der Waals surface area contributed by atoms with Crippen LogP contribution in [-0.2, 0) is 0 Å². The SMILES string of the molecule is Cc1c(Cl)ccc2sc(N3CCN(CCNC(=O)c4ccc(OC(C)C)cc4)CC3)nc12. The fourth-order valence-electron chi connectivity index (χ4n) is 3.77. The van der Waals surface area contributed by atoms with Crippen LogP contribution in [0.5, 0.6) is 5.75 Å². The Morgan fingerprint density at radius 2 is 1.88 bits per heavy atom. The van der Waals surface area contributed by atoms with Crippen LogP contribution in [0, 0.1) is 6.92 Å². The molecule has 1 aliphatic rings. The Morgan fingerprint density at radius 1 is 1.16 bits per heavy atom. The fraction of sp³-hybridized carbons (Fsp3) is 0.417. The molecule has 2 aromatic carbocycles. The van der Waals surface area contributed by atoms with Crippen molar-refractivity contribution < 1.29 is 9.53 Å². The highest BCUT2D eigenvalue weighted by atomic mass is 35.5. The molecule has 170 valence electrons. The number of halogens is 1. The maximum Gasteiger partial charge on any atom is 0.251 e. The van der Waals surface area contributed by atoms with Crippen LogP contribution in [0.2, 0.25) is 5.02 Å². The molecule has 0 atom stereocenters. The number of carbonyl (C=O) groups is 1. The number of ether oxygens (including phenoxy) is 1. The normalized spacial score (nSPS) is 14.8. The highest BCUT2D eigenvalue weighted by molar-refractivity contribution is 7.22. The Kier molecular flexibility index (Phi) is 7.18. The van der Waals surface area contributed by atoms with Crippen molar-refractivity contribution in [1.29, 1.82) is 0 Å². The molecule has 1 fully saturated rings. The molecule has 0 aliphatic carbocycles. The van der Waals surface area contributed by atoms with Gasteiger partial charge in [-0.05, 0) is 62.7 Å². The summed E-state index contributed by atoms with van der Waals surface area (Å²) in [7, 11) is 0. The lowest BCUT2D eigenvalue weighted by Crippen LogP contribution is -2.48. The number of carbonyl (C=O) groups excluding carboxylic acids is 1. The quantitative estimate of drug-likeness (QED) is 0.544. The molecular formula is C24H29ClN4O2S. The molecule has 0 spiro atoms. The number of fused-ring (bicyclic) bond motifs is 1. The maximum atomic E-state index is 12.4. The monoisotopic (exact) mass is 472 g/mol. The number of nitrogens with one attached hydrogen (secondary N) is 1. The van der Waals surface area contributed by atoms with Crippen LogP contribution in [-0.4, -0.2) is 61.2 Å². The summed E-state index contributed by atoms with van der Waals surface area (Å²) in [4.78, 5) is 22.0. The lowest BCUT2D eigenvalue weighted by Gasteiger charge is -2.34. The summed E-state index contributed by atoms with van der Waals surface area (Å²) in [6.45, 7) is 11.2. The maximum absolute atomic E-state index is 12.4. The van der Waals surface area contributed by atoms with E-state index in [2.05, 4.69) is 21.2 Å². The zero-order valence-corrected chi connectivity index (χ0v) is 20.3. The summed E-state index contributed by atoms with van der Waals surface area (Å²) in [6.07, 6.45) is 0.118. The molecule has 0 radical (unpaired) electrons. The number of amides is 1. The van der Waals surface area contributed by atoms with Gasteiger partial charge in [0.15, 0.2) is 5.13 Å². The van der Waals surface area contributed by atoms with E-state index in [1.165, 1.54) is 4.70 Å². The van der Waals surface area contributed by atoms with Gasteiger partial charge in [-0.2, -0.15) is 0 Å². The number of hydrogen-bond donors (Lipinski definition) is 1. The van der Waals surface area contributed by atoms with E-state index in [9.17, 15) is 4.79 Å². The van der Waals surface area contributed by atoms with E-state index in [0.717, 1.165) is 59.7 Å². The third-order valence-corrected chi connectivity index (χ3v) is 7.07. The van der Waals surface area contributed by atoms with Crippen LogP contribution < -0.4 is 15.0 Å². The number of benzene rings is 2. The number of anilines is 1. The molecule has 2 heterocycles. The van der Waals surface area contributed by atoms with Crippen LogP contribution in [0.4, 0.5) is 5.13 Å². The standard InChI is InChI=1S/C24H29ClN4O2S/c1-16(2)31-19-6-4-18(5-7-19)23(30)26-10-11-28-12-14-29(15-13-28)24-27-22-17(3)20(25)8-9-21(22)32-24/h4-9,16H,10-15H2,1-3H3,(H,26,30). The summed E-state index contributed by atoms with van der Waals surface area (Å²) in [5.41, 5.74) is 2.70. The molecule has 1 aromatic heterocycles. The molecule has 1 amide bonds. The van der Waals surface area contributed by atoms with Crippen molar-refractivity contribution in [3.63, 3.8) is 0 Å². The van der Waals surface area contributed by atoms with E-state index < -0.39 is 0 Å². The lowest BCUT2D eigenvalue weighted by molar-refractivity contribution is 0.0947. The average molecular weight is 473 g/mol. The summed E-state index contributed by atoms with van der Waals surface area (Å²) in [6, 6.07) is 11.3. The number of rotatable bonds is 7. The minimum absolute atomic E-state index is 0.0526. The third-order valence-electron chi connectivity index (χ3n) is 5.58. The van der Waals surface area contributed by atoms with Gasteiger partial charge in [0.05, 0.1) is 16.3 Å². The molecule has 8 heteroatoms. The van der Waals surface area contributed by atoms with Crippen LogP contribution in [0.1, 0.15) is 29.8 Å². The van der Waals surface area contributed by atoms with Gasteiger partial charge in [0.1, 0.15) is 5.75 Å². The molecule has 3 aromatic rings. The first kappa shape index (κ1) is 22.8. The number of aryl methyl sites for hydroxylation is 1. The van der Waals surface area contributed by atoms with Crippen LogP contribution in [0.25, 0.3) is 10.2 Å². The van der Waals surface area contributed by atoms with Crippen LogP contribution in [0.15, 0.2) is 36.4 Å². The predicted octanol–water partition coefficient (Wildman–Crippen LogP) is 4.60. The van der Waals surface area contributed by atoms with Gasteiger partial charge in [0, 0.05) is 49.9 Å². The Labute approximate surface area is 198 Å². The van der Waals surface area contributed by atoms with E-state index in [1.54, 1.807) is 23.5 Å². The zero-order valence-electron chi connectivity index (χ0n) is 18.7. The third kappa shape index (κ3) is 5.34. The van der Waals surface area contributed by atoms with Gasteiger partial charge < -0.3 is 15.0 Å². The van der Waals surface area contributed by atoms with Crippen molar-refractivity contribution in [2.24, 2.45) is 0 Å². The predicted molar refractivity (Wildman–Crippen MR) is 133 cm³/mol. The van der Waals surface area contributed by atoms with Gasteiger partial charge in [0.2, 0.25) is 0 Å². The summed E-state index contributed by atoms with van der Waals surface area (Å²) in [5, 5.41) is 4.84. The number of nitrogens with zero attached hydrogens (tertiary/aromatic N) is 3. The molecule has 0 unspecified atom stereocenters. The van der Waals surface area contributed by atoms with Crippen molar-refractivity contribution in [2.75, 3.05) is 44.2 Å². The van der Waals surface area contributed by atoms with Crippen molar-refractivity contribution in [2.45, 2.75) is 26.9 Å². The minimum atomic E-state index is -0.0526. The van der Waals surface area contributed by atoms with Gasteiger partial charge in [-0.1, -0.05) is 22.9 Å². The minimum Gasteiger partial charge on any atom is -0.491 e. The number of aromatic nitrogens is 1. The Hall–Kier alpha value is -2.35. The first-order valence-electron chi connectivity index (χ1n) is 11.0. The molecule has 4 rings (SSSR count). The zero-order chi connectivity index (χ0) is 22.7. The average Bonchev–Trinajstić information content (AvgIpc) is 3.22. The second-order valence-electron chi connectivity index (χ2n) is 8.29. The van der Waals surface area contributed by atoms with Gasteiger partial charge in [-0.3, -0.25) is 9.69 Å². The lowest BCUT2D eigenvalue weighted by atomic mass is 10.2. The second-order valence-corrected chi connectivity index (χ2v) is 9.71. The molecule has 0 bridgehead atoms. The molecule has 0 saturated carbocycles.